The summed E-state index contributed by atoms with van der Waals surface area (Å²) in [7, 11) is 0. The van der Waals surface area contributed by atoms with E-state index in [9.17, 15) is 19.5 Å². The minimum atomic E-state index is -0.954. The van der Waals surface area contributed by atoms with Crippen LogP contribution in [-0.4, -0.2) is 43.6 Å². The van der Waals surface area contributed by atoms with E-state index in [-0.39, 0.29) is 17.9 Å². The van der Waals surface area contributed by atoms with Crippen LogP contribution in [0.3, 0.4) is 0 Å². The molecule has 0 bridgehead atoms. The Morgan fingerprint density at radius 2 is 1.46 bits per heavy atom. The van der Waals surface area contributed by atoms with Gasteiger partial charge >= 0.3 is 6.09 Å². The molecule has 0 unspecified atom stereocenters. The number of rotatable bonds is 2. The molecule has 37 heavy (non-hydrogen) atoms. The van der Waals surface area contributed by atoms with Crippen LogP contribution in [0.15, 0.2) is 48.8 Å². The Morgan fingerprint density at radius 3 is 2.11 bits per heavy atom. The number of nitrogens with zero attached hydrogens (tertiary/aromatic N) is 3. The fourth-order valence-corrected chi connectivity index (χ4v) is 6.52. The molecule has 2 aromatic heterocycles. The van der Waals surface area contributed by atoms with E-state index >= 15 is 0 Å². The van der Waals surface area contributed by atoms with Crippen LogP contribution < -0.4 is 5.32 Å². The topological polar surface area (TPSA) is 96.6 Å². The van der Waals surface area contributed by atoms with Crippen molar-refractivity contribution in [3.8, 4) is 0 Å². The predicted molar refractivity (Wildman–Crippen MR) is 140 cm³/mol. The highest BCUT2D eigenvalue weighted by Crippen LogP contribution is 2.43. The largest absolute Gasteiger partial charge is 0.465 e. The standard InChI is InChI=1S/C29H26N4O4/c1-29(2)11-16-5-3-7-18-21(14-33(15-29)24(16)18)23-22(26(34)30-27(23)35)20-13-31-9-10-32(28(36)37)12-17-6-4-8-19(20)25(17)31/h3-8,13-14H,9-12,15H2,1-2H3,(H,36,37)(H,30,34,35). The predicted octanol–water partition coefficient (Wildman–Crippen LogP) is 4.24. The lowest BCUT2D eigenvalue weighted by atomic mass is 9.82. The molecule has 0 atom stereocenters. The fourth-order valence-electron chi connectivity index (χ4n) is 6.52. The Hall–Kier alpha value is -4.33. The molecule has 8 heteroatoms. The van der Waals surface area contributed by atoms with Crippen molar-refractivity contribution in [3.63, 3.8) is 0 Å². The summed E-state index contributed by atoms with van der Waals surface area (Å²) in [6, 6.07) is 12.0. The van der Waals surface area contributed by atoms with Crippen molar-refractivity contribution < 1.29 is 19.5 Å². The van der Waals surface area contributed by atoms with Crippen LogP contribution in [0, 0.1) is 5.41 Å². The zero-order valence-corrected chi connectivity index (χ0v) is 20.7. The van der Waals surface area contributed by atoms with E-state index in [0.717, 1.165) is 45.9 Å². The molecule has 8 nitrogen and oxygen atoms in total. The number of amides is 3. The van der Waals surface area contributed by atoms with Gasteiger partial charge in [0.2, 0.25) is 0 Å². The summed E-state index contributed by atoms with van der Waals surface area (Å²) in [5, 5.41) is 13.9. The van der Waals surface area contributed by atoms with Crippen molar-refractivity contribution in [3.05, 3.63) is 71.0 Å². The molecule has 2 N–H and O–H groups in total. The molecule has 2 aromatic carbocycles. The third kappa shape index (κ3) is 3.11. The van der Waals surface area contributed by atoms with Crippen molar-refractivity contribution in [1.82, 2.24) is 19.4 Å². The minimum Gasteiger partial charge on any atom is -0.465 e. The molecule has 7 rings (SSSR count). The molecule has 0 fully saturated rings. The molecule has 0 aliphatic carbocycles. The van der Waals surface area contributed by atoms with Gasteiger partial charge in [0.15, 0.2) is 0 Å². The van der Waals surface area contributed by atoms with E-state index in [0.29, 0.717) is 29.8 Å². The molecule has 0 saturated heterocycles. The lowest BCUT2D eigenvalue weighted by Crippen LogP contribution is -2.30. The molecule has 3 aliphatic rings. The van der Waals surface area contributed by atoms with E-state index in [4.69, 9.17) is 0 Å². The van der Waals surface area contributed by atoms with Crippen molar-refractivity contribution in [1.29, 1.82) is 0 Å². The van der Waals surface area contributed by atoms with E-state index in [1.54, 1.807) is 0 Å². The average molecular weight is 495 g/mol. The molecule has 3 amide bonds. The number of carboxylic acid groups (broad SMARTS) is 1. The first-order chi connectivity index (χ1) is 17.7. The van der Waals surface area contributed by atoms with E-state index < -0.39 is 12.0 Å². The van der Waals surface area contributed by atoms with Gasteiger partial charge in [-0.1, -0.05) is 50.2 Å². The van der Waals surface area contributed by atoms with E-state index in [1.807, 2.05) is 47.3 Å². The summed E-state index contributed by atoms with van der Waals surface area (Å²) in [4.78, 5) is 39.7. The molecule has 5 heterocycles. The minimum absolute atomic E-state index is 0.0873. The quantitative estimate of drug-likeness (QED) is 0.408. The van der Waals surface area contributed by atoms with Gasteiger partial charge in [0, 0.05) is 53.9 Å². The second-order valence-corrected chi connectivity index (χ2v) is 11.1. The van der Waals surface area contributed by atoms with Gasteiger partial charge in [-0.2, -0.15) is 0 Å². The van der Waals surface area contributed by atoms with E-state index in [2.05, 4.69) is 29.8 Å². The monoisotopic (exact) mass is 494 g/mol. The number of aromatic nitrogens is 2. The first-order valence-corrected chi connectivity index (χ1v) is 12.5. The number of carbonyl (C=O) groups is 3. The van der Waals surface area contributed by atoms with Gasteiger partial charge in [-0.25, -0.2) is 4.79 Å². The number of carbonyl (C=O) groups excluding carboxylic acids is 2. The highest BCUT2D eigenvalue weighted by molar-refractivity contribution is 6.50. The third-order valence-electron chi connectivity index (χ3n) is 7.94. The molecule has 0 radical (unpaired) electrons. The Morgan fingerprint density at radius 1 is 0.865 bits per heavy atom. The first kappa shape index (κ1) is 21.9. The van der Waals surface area contributed by atoms with Crippen LogP contribution >= 0.6 is 0 Å². The lowest BCUT2D eigenvalue weighted by molar-refractivity contribution is -0.122. The zero-order valence-electron chi connectivity index (χ0n) is 20.7. The average Bonchev–Trinajstić information content (AvgIpc) is 3.42. The second-order valence-electron chi connectivity index (χ2n) is 11.1. The van der Waals surface area contributed by atoms with Crippen molar-refractivity contribution >= 4 is 50.9 Å². The van der Waals surface area contributed by atoms with Gasteiger partial charge in [0.1, 0.15) is 0 Å². The SMILES string of the molecule is CC1(C)Cc2cccc3c(C4=C(c5cn6c7c(cccc57)CN(C(=O)O)CC6)C(=O)NC4=O)cn(c23)C1. The Labute approximate surface area is 212 Å². The second kappa shape index (κ2) is 7.35. The van der Waals surface area contributed by atoms with Gasteiger partial charge in [0.25, 0.3) is 11.8 Å². The van der Waals surface area contributed by atoms with Gasteiger partial charge in [0.05, 0.1) is 28.7 Å². The number of hydrogen-bond donors (Lipinski definition) is 2. The number of imide groups is 1. The Kier molecular flexibility index (Phi) is 4.35. The summed E-state index contributed by atoms with van der Waals surface area (Å²) in [5.41, 5.74) is 6.50. The van der Waals surface area contributed by atoms with Crippen molar-refractivity contribution in [2.24, 2.45) is 5.41 Å². The summed E-state index contributed by atoms with van der Waals surface area (Å²) in [5.74, 6) is -0.787. The maximum Gasteiger partial charge on any atom is 0.407 e. The molecule has 186 valence electrons. The van der Waals surface area contributed by atoms with Crippen LogP contribution in [0.1, 0.15) is 36.1 Å². The highest BCUT2D eigenvalue weighted by Gasteiger charge is 2.37. The van der Waals surface area contributed by atoms with Gasteiger partial charge in [-0.15, -0.1) is 0 Å². The van der Waals surface area contributed by atoms with Crippen LogP contribution in [0.25, 0.3) is 33.0 Å². The molecule has 4 aromatic rings. The van der Waals surface area contributed by atoms with Crippen LogP contribution in [0.5, 0.6) is 0 Å². The van der Waals surface area contributed by atoms with Crippen LogP contribution in [-0.2, 0) is 35.6 Å². The van der Waals surface area contributed by atoms with Gasteiger partial charge < -0.3 is 19.1 Å². The number of hydrogen-bond acceptors (Lipinski definition) is 3. The maximum absolute atomic E-state index is 13.3. The fraction of sp³-hybridized carbons (Fsp3) is 0.276. The number of para-hydroxylation sites is 2. The van der Waals surface area contributed by atoms with Crippen molar-refractivity contribution in [2.75, 3.05) is 6.54 Å². The van der Waals surface area contributed by atoms with Crippen LogP contribution in [0.4, 0.5) is 4.79 Å². The molecule has 0 spiro atoms. The van der Waals surface area contributed by atoms with Crippen LogP contribution in [0.2, 0.25) is 0 Å². The summed E-state index contributed by atoms with van der Waals surface area (Å²) in [6.45, 7) is 6.41. The molecule has 3 aliphatic heterocycles. The molecule has 0 saturated carbocycles. The Balaban J connectivity index is 1.48. The Bertz CT molecular complexity index is 1740. The third-order valence-corrected chi connectivity index (χ3v) is 7.94. The number of nitrogens with one attached hydrogen (secondary N) is 1. The lowest BCUT2D eigenvalue weighted by Gasteiger charge is -2.31. The molecular weight excluding hydrogens is 468 g/mol. The smallest absolute Gasteiger partial charge is 0.407 e. The van der Waals surface area contributed by atoms with Crippen molar-refractivity contribution in [2.45, 2.75) is 39.9 Å². The summed E-state index contributed by atoms with van der Waals surface area (Å²) < 4.78 is 4.24. The van der Waals surface area contributed by atoms with Gasteiger partial charge in [-0.05, 0) is 23.0 Å². The normalized spacial score (nSPS) is 18.6. The molecular formula is C29H26N4O4. The first-order valence-electron chi connectivity index (χ1n) is 12.5. The zero-order chi connectivity index (χ0) is 25.6. The summed E-state index contributed by atoms with van der Waals surface area (Å²) >= 11 is 0. The number of benzene rings is 2. The van der Waals surface area contributed by atoms with E-state index in [1.165, 1.54) is 10.5 Å². The maximum atomic E-state index is 13.3. The highest BCUT2D eigenvalue weighted by atomic mass is 16.4. The van der Waals surface area contributed by atoms with Gasteiger partial charge in [-0.3, -0.25) is 14.9 Å². The summed E-state index contributed by atoms with van der Waals surface area (Å²) in [6.07, 6.45) is 3.93.